The van der Waals surface area contributed by atoms with E-state index in [9.17, 15) is 4.79 Å². The van der Waals surface area contributed by atoms with Crippen molar-refractivity contribution in [3.05, 3.63) is 36.5 Å². The van der Waals surface area contributed by atoms with E-state index in [4.69, 9.17) is 5.11 Å². The molecule has 0 radical (unpaired) electrons. The van der Waals surface area contributed by atoms with E-state index in [0.29, 0.717) is 6.42 Å². The van der Waals surface area contributed by atoms with Gasteiger partial charge in [-0.2, -0.15) is 0 Å². The molecule has 0 heterocycles. The second-order valence-corrected chi connectivity index (χ2v) is 4.99. The Labute approximate surface area is 124 Å². The molecule has 2 heteroatoms. The summed E-state index contributed by atoms with van der Waals surface area (Å²) in [5.41, 5.74) is 0. The van der Waals surface area contributed by atoms with Crippen molar-refractivity contribution in [2.24, 2.45) is 0 Å². The molecule has 0 spiro atoms. The summed E-state index contributed by atoms with van der Waals surface area (Å²) in [6.45, 7) is 2.15. The minimum atomic E-state index is -0.675. The average molecular weight is 278 g/mol. The summed E-state index contributed by atoms with van der Waals surface area (Å²) in [6.07, 6.45) is 23.4. The largest absolute Gasteiger partial charge is 0.481 e. The summed E-state index contributed by atoms with van der Waals surface area (Å²) in [5, 5.41) is 8.50. The van der Waals surface area contributed by atoms with Gasteiger partial charge in [0.2, 0.25) is 0 Å². The van der Waals surface area contributed by atoms with Crippen LogP contribution < -0.4 is 0 Å². The fraction of sp³-hybridized carbons (Fsp3) is 0.611. The highest BCUT2D eigenvalue weighted by atomic mass is 16.4. The molecule has 0 atom stereocenters. The summed E-state index contributed by atoms with van der Waals surface area (Å²) < 4.78 is 0. The van der Waals surface area contributed by atoms with Gasteiger partial charge >= 0.3 is 5.97 Å². The molecule has 0 fully saturated rings. The van der Waals surface area contributed by atoms with Crippen LogP contribution in [0.25, 0.3) is 0 Å². The van der Waals surface area contributed by atoms with Crippen LogP contribution in [0.3, 0.4) is 0 Å². The number of carbonyl (C=O) groups is 1. The van der Waals surface area contributed by atoms with Gasteiger partial charge in [0.1, 0.15) is 0 Å². The lowest BCUT2D eigenvalue weighted by Gasteiger charge is -1.98. The van der Waals surface area contributed by atoms with E-state index in [2.05, 4.69) is 43.4 Å². The molecule has 0 saturated carbocycles. The number of rotatable bonds is 13. The number of unbranched alkanes of at least 4 members (excludes halogenated alkanes) is 5. The molecule has 20 heavy (non-hydrogen) atoms. The first-order chi connectivity index (χ1) is 9.77. The first kappa shape index (κ1) is 18.7. The van der Waals surface area contributed by atoms with Crippen molar-refractivity contribution in [2.75, 3.05) is 0 Å². The summed E-state index contributed by atoms with van der Waals surface area (Å²) in [7, 11) is 0. The van der Waals surface area contributed by atoms with E-state index in [1.165, 1.54) is 12.8 Å². The number of aliphatic carboxylic acids is 1. The minimum absolute atomic E-state index is 0.319. The number of hydrogen-bond donors (Lipinski definition) is 1. The Bertz CT molecular complexity index is 301. The Morgan fingerprint density at radius 2 is 1.35 bits per heavy atom. The van der Waals surface area contributed by atoms with Gasteiger partial charge in [0.25, 0.3) is 0 Å². The van der Waals surface area contributed by atoms with E-state index < -0.39 is 5.97 Å². The molecule has 0 rings (SSSR count). The second kappa shape index (κ2) is 15.7. The van der Waals surface area contributed by atoms with Gasteiger partial charge in [0, 0.05) is 6.42 Å². The maximum Gasteiger partial charge on any atom is 0.303 e. The zero-order chi connectivity index (χ0) is 14.9. The predicted octanol–water partition coefficient (Wildman–Crippen LogP) is 5.66. The first-order valence-electron chi connectivity index (χ1n) is 7.94. The fourth-order valence-corrected chi connectivity index (χ4v) is 1.90. The van der Waals surface area contributed by atoms with Crippen LogP contribution in [0.15, 0.2) is 36.5 Å². The number of carboxylic acids is 1. The van der Waals surface area contributed by atoms with Gasteiger partial charge in [-0.25, -0.2) is 0 Å². The van der Waals surface area contributed by atoms with Crippen LogP contribution in [-0.4, -0.2) is 11.1 Å². The maximum absolute atomic E-state index is 10.3. The highest BCUT2D eigenvalue weighted by Gasteiger charge is 1.95. The molecule has 0 aromatic rings. The van der Waals surface area contributed by atoms with Crippen molar-refractivity contribution < 1.29 is 9.90 Å². The molecular weight excluding hydrogens is 248 g/mol. The molecule has 0 aliphatic rings. The highest BCUT2D eigenvalue weighted by molar-refractivity contribution is 5.66. The molecule has 0 amide bonds. The minimum Gasteiger partial charge on any atom is -0.481 e. The lowest BCUT2D eigenvalue weighted by Crippen LogP contribution is -1.93. The predicted molar refractivity (Wildman–Crippen MR) is 86.9 cm³/mol. The van der Waals surface area contributed by atoms with Crippen LogP contribution in [0.1, 0.15) is 71.1 Å². The van der Waals surface area contributed by atoms with Crippen molar-refractivity contribution in [3.8, 4) is 0 Å². The molecule has 114 valence electrons. The lowest BCUT2D eigenvalue weighted by molar-refractivity contribution is -0.137. The van der Waals surface area contributed by atoms with Crippen molar-refractivity contribution >= 4 is 5.97 Å². The molecular formula is C18H30O2. The molecule has 0 aromatic carbocycles. The Hall–Kier alpha value is -1.31. The standard InChI is InChI=1S/C18H30O2/c1-2-3-4-5-6-7-8-9-10-11-12-13-14-15-16-17-18(19)20/h3-4,6-7,9-10H,2,5,8,11-17H2,1H3,(H,19,20)/b4-3?,7-6?,10-9+. The van der Waals surface area contributed by atoms with Gasteiger partial charge in [-0.3, -0.25) is 4.79 Å². The SMILES string of the molecule is CCC=CCC=CC/C=C/CCCCCCCC(=O)O. The lowest BCUT2D eigenvalue weighted by atomic mass is 10.1. The van der Waals surface area contributed by atoms with E-state index in [1.807, 2.05) is 0 Å². The van der Waals surface area contributed by atoms with E-state index in [0.717, 1.165) is 44.9 Å². The third-order valence-corrected chi connectivity index (χ3v) is 3.04. The molecule has 0 aromatic heterocycles. The highest BCUT2D eigenvalue weighted by Crippen LogP contribution is 2.07. The molecule has 0 aliphatic heterocycles. The molecule has 1 N–H and O–H groups in total. The third kappa shape index (κ3) is 16.7. The van der Waals surface area contributed by atoms with Gasteiger partial charge in [-0.15, -0.1) is 0 Å². The Balaban J connectivity index is 3.23. The van der Waals surface area contributed by atoms with Crippen LogP contribution in [0.5, 0.6) is 0 Å². The van der Waals surface area contributed by atoms with E-state index >= 15 is 0 Å². The van der Waals surface area contributed by atoms with Crippen molar-refractivity contribution in [1.29, 1.82) is 0 Å². The zero-order valence-corrected chi connectivity index (χ0v) is 12.9. The Morgan fingerprint density at radius 1 is 0.800 bits per heavy atom. The second-order valence-electron chi connectivity index (χ2n) is 4.99. The van der Waals surface area contributed by atoms with E-state index in [-0.39, 0.29) is 0 Å². The Kier molecular flexibility index (Phi) is 14.7. The van der Waals surface area contributed by atoms with Gasteiger partial charge in [-0.05, 0) is 38.5 Å². The smallest absolute Gasteiger partial charge is 0.303 e. The quantitative estimate of drug-likeness (QED) is 0.348. The van der Waals surface area contributed by atoms with Gasteiger partial charge in [-0.1, -0.05) is 62.6 Å². The summed E-state index contributed by atoms with van der Waals surface area (Å²) >= 11 is 0. The van der Waals surface area contributed by atoms with Gasteiger partial charge in [0.05, 0.1) is 0 Å². The molecule has 0 aliphatic carbocycles. The fourth-order valence-electron chi connectivity index (χ4n) is 1.90. The van der Waals surface area contributed by atoms with Crippen LogP contribution in [-0.2, 0) is 4.79 Å². The first-order valence-corrected chi connectivity index (χ1v) is 7.94. The molecule has 0 unspecified atom stereocenters. The maximum atomic E-state index is 10.3. The topological polar surface area (TPSA) is 37.3 Å². The van der Waals surface area contributed by atoms with Crippen molar-refractivity contribution in [3.63, 3.8) is 0 Å². The summed E-state index contributed by atoms with van der Waals surface area (Å²) in [4.78, 5) is 10.3. The molecule has 2 nitrogen and oxygen atoms in total. The molecule has 0 bridgehead atoms. The van der Waals surface area contributed by atoms with Crippen molar-refractivity contribution in [1.82, 2.24) is 0 Å². The number of hydrogen-bond acceptors (Lipinski definition) is 1. The number of allylic oxidation sites excluding steroid dienone is 6. The van der Waals surface area contributed by atoms with Crippen LogP contribution >= 0.6 is 0 Å². The van der Waals surface area contributed by atoms with Gasteiger partial charge in [0.15, 0.2) is 0 Å². The normalized spacial score (nSPS) is 12.1. The van der Waals surface area contributed by atoms with Crippen LogP contribution in [0.4, 0.5) is 0 Å². The number of carboxylic acid groups (broad SMARTS) is 1. The van der Waals surface area contributed by atoms with Crippen molar-refractivity contribution in [2.45, 2.75) is 71.1 Å². The van der Waals surface area contributed by atoms with Gasteiger partial charge < -0.3 is 5.11 Å². The zero-order valence-electron chi connectivity index (χ0n) is 12.9. The van der Waals surface area contributed by atoms with Crippen LogP contribution in [0.2, 0.25) is 0 Å². The van der Waals surface area contributed by atoms with E-state index in [1.54, 1.807) is 0 Å². The van der Waals surface area contributed by atoms with Crippen LogP contribution in [0, 0.1) is 0 Å². The molecule has 0 saturated heterocycles. The average Bonchev–Trinajstić information content (AvgIpc) is 2.43. The summed E-state index contributed by atoms with van der Waals surface area (Å²) in [5.74, 6) is -0.675. The monoisotopic (exact) mass is 278 g/mol. The summed E-state index contributed by atoms with van der Waals surface area (Å²) in [6, 6.07) is 0. The Morgan fingerprint density at radius 3 is 2.00 bits per heavy atom. The third-order valence-electron chi connectivity index (χ3n) is 3.04.